The molecule has 0 bridgehead atoms. The van der Waals surface area contributed by atoms with E-state index < -0.39 is 6.10 Å². The minimum atomic E-state index is -0.486. The van der Waals surface area contributed by atoms with Gasteiger partial charge in [0.1, 0.15) is 0 Å². The first-order valence-electron chi connectivity index (χ1n) is 6.10. The van der Waals surface area contributed by atoms with Gasteiger partial charge in [0, 0.05) is 11.0 Å². The van der Waals surface area contributed by atoms with Crippen LogP contribution in [-0.4, -0.2) is 23.7 Å². The van der Waals surface area contributed by atoms with Crippen LogP contribution in [0.5, 0.6) is 0 Å². The molecule has 2 N–H and O–H groups in total. The molecule has 0 spiro atoms. The first-order chi connectivity index (χ1) is 8.40. The number of carbonyl (C=O) groups is 1. The van der Waals surface area contributed by atoms with E-state index in [0.29, 0.717) is 13.0 Å². The summed E-state index contributed by atoms with van der Waals surface area (Å²) in [5.74, 6) is 0.0971. The highest BCUT2D eigenvalue weighted by Gasteiger charge is 2.11. The number of aliphatic hydroxyl groups excluding tert-OH is 1. The van der Waals surface area contributed by atoms with Crippen molar-refractivity contribution in [1.29, 1.82) is 0 Å². The van der Waals surface area contributed by atoms with Crippen molar-refractivity contribution >= 4 is 21.8 Å². The predicted molar refractivity (Wildman–Crippen MR) is 76.4 cm³/mol. The second-order valence-corrected chi connectivity index (χ2v) is 5.78. The Balaban J connectivity index is 2.50. The van der Waals surface area contributed by atoms with Crippen molar-refractivity contribution < 1.29 is 9.90 Å². The fourth-order valence-electron chi connectivity index (χ4n) is 1.55. The molecule has 0 aliphatic rings. The van der Waals surface area contributed by atoms with Gasteiger partial charge in [0.05, 0.1) is 12.5 Å². The molecule has 0 aliphatic heterocycles. The lowest BCUT2D eigenvalue weighted by Gasteiger charge is -2.15. The molecule has 1 amide bonds. The van der Waals surface area contributed by atoms with Gasteiger partial charge in [-0.15, -0.1) is 0 Å². The topological polar surface area (TPSA) is 49.3 Å². The maximum absolute atomic E-state index is 11.7. The number of benzene rings is 1. The molecule has 100 valence electrons. The third-order valence-corrected chi connectivity index (χ3v) is 3.43. The molecule has 0 radical (unpaired) electrons. The predicted octanol–water partition coefficient (Wildman–Crippen LogP) is 2.43. The molecule has 3 nitrogen and oxygen atoms in total. The van der Waals surface area contributed by atoms with Gasteiger partial charge in [0.2, 0.25) is 5.91 Å². The average molecular weight is 314 g/mol. The Morgan fingerprint density at radius 1 is 1.44 bits per heavy atom. The van der Waals surface area contributed by atoms with Crippen molar-refractivity contribution in [2.75, 3.05) is 6.54 Å². The molecular weight excluding hydrogens is 294 g/mol. The van der Waals surface area contributed by atoms with E-state index in [4.69, 9.17) is 0 Å². The molecule has 0 fully saturated rings. The van der Waals surface area contributed by atoms with Gasteiger partial charge in [-0.25, -0.2) is 0 Å². The van der Waals surface area contributed by atoms with E-state index in [1.807, 2.05) is 39.0 Å². The number of carbonyl (C=O) groups excluding carboxylic acids is 1. The minimum Gasteiger partial charge on any atom is -0.391 e. The van der Waals surface area contributed by atoms with Crippen LogP contribution in [0.25, 0.3) is 0 Å². The van der Waals surface area contributed by atoms with Gasteiger partial charge in [0.15, 0.2) is 0 Å². The summed E-state index contributed by atoms with van der Waals surface area (Å²) in [6.45, 7) is 6.15. The Morgan fingerprint density at radius 2 is 2.11 bits per heavy atom. The highest BCUT2D eigenvalue weighted by molar-refractivity contribution is 9.10. The standard InChI is InChI=1S/C14H20BrNO2/c1-9(2)13(17)8-16-14(18)7-11-4-5-12(15)6-10(11)3/h4-6,9,13,17H,7-8H2,1-3H3,(H,16,18). The fraction of sp³-hybridized carbons (Fsp3) is 0.500. The number of hydrogen-bond acceptors (Lipinski definition) is 2. The molecule has 4 heteroatoms. The highest BCUT2D eigenvalue weighted by Crippen LogP contribution is 2.16. The second kappa shape index (κ2) is 6.90. The molecule has 1 atom stereocenters. The molecule has 1 unspecified atom stereocenters. The van der Waals surface area contributed by atoms with Crippen molar-refractivity contribution in [2.45, 2.75) is 33.3 Å². The van der Waals surface area contributed by atoms with Crippen LogP contribution in [0.15, 0.2) is 22.7 Å². The zero-order valence-corrected chi connectivity index (χ0v) is 12.6. The van der Waals surface area contributed by atoms with Crippen molar-refractivity contribution in [3.05, 3.63) is 33.8 Å². The van der Waals surface area contributed by atoms with E-state index in [1.165, 1.54) is 0 Å². The van der Waals surface area contributed by atoms with Gasteiger partial charge in [-0.1, -0.05) is 35.8 Å². The quantitative estimate of drug-likeness (QED) is 0.877. The Hall–Kier alpha value is -0.870. The summed E-state index contributed by atoms with van der Waals surface area (Å²) in [5.41, 5.74) is 2.10. The number of nitrogens with one attached hydrogen (secondary N) is 1. The fourth-order valence-corrected chi connectivity index (χ4v) is 2.02. The number of halogens is 1. The third-order valence-electron chi connectivity index (χ3n) is 2.93. The van der Waals surface area contributed by atoms with Gasteiger partial charge >= 0.3 is 0 Å². The number of hydrogen-bond donors (Lipinski definition) is 2. The summed E-state index contributed by atoms with van der Waals surface area (Å²) in [7, 11) is 0. The first-order valence-corrected chi connectivity index (χ1v) is 6.89. The Bertz CT molecular complexity index is 418. The smallest absolute Gasteiger partial charge is 0.224 e. The van der Waals surface area contributed by atoms with Crippen LogP contribution in [0.1, 0.15) is 25.0 Å². The maximum Gasteiger partial charge on any atom is 0.224 e. The Morgan fingerprint density at radius 3 is 2.67 bits per heavy atom. The molecule has 0 heterocycles. The minimum absolute atomic E-state index is 0.0554. The molecule has 0 aromatic heterocycles. The lowest BCUT2D eigenvalue weighted by molar-refractivity contribution is -0.121. The molecule has 0 aliphatic carbocycles. The molecule has 1 rings (SSSR count). The van der Waals surface area contributed by atoms with Crippen LogP contribution in [-0.2, 0) is 11.2 Å². The summed E-state index contributed by atoms with van der Waals surface area (Å²) in [5, 5.41) is 12.4. The van der Waals surface area contributed by atoms with Crippen LogP contribution in [0.2, 0.25) is 0 Å². The molecule has 1 aromatic carbocycles. The Kier molecular flexibility index (Phi) is 5.82. The maximum atomic E-state index is 11.7. The first kappa shape index (κ1) is 15.2. The lowest BCUT2D eigenvalue weighted by atomic mass is 10.1. The van der Waals surface area contributed by atoms with E-state index in [2.05, 4.69) is 21.2 Å². The summed E-state index contributed by atoms with van der Waals surface area (Å²) >= 11 is 3.39. The third kappa shape index (κ3) is 4.78. The number of aryl methyl sites for hydroxylation is 1. The van der Waals surface area contributed by atoms with Gasteiger partial charge in [0.25, 0.3) is 0 Å². The Labute approximate surface area is 117 Å². The normalized spacial score (nSPS) is 12.6. The van der Waals surface area contributed by atoms with Gasteiger partial charge in [-0.05, 0) is 36.1 Å². The van der Waals surface area contributed by atoms with Gasteiger partial charge in [-0.2, -0.15) is 0 Å². The van der Waals surface area contributed by atoms with E-state index >= 15 is 0 Å². The zero-order valence-electron chi connectivity index (χ0n) is 11.0. The average Bonchev–Trinajstić information content (AvgIpc) is 2.29. The largest absolute Gasteiger partial charge is 0.391 e. The van der Waals surface area contributed by atoms with E-state index in [9.17, 15) is 9.90 Å². The number of aliphatic hydroxyl groups is 1. The zero-order chi connectivity index (χ0) is 13.7. The second-order valence-electron chi connectivity index (χ2n) is 4.86. The van der Waals surface area contributed by atoms with E-state index in [-0.39, 0.29) is 11.8 Å². The van der Waals surface area contributed by atoms with Crippen LogP contribution < -0.4 is 5.32 Å². The van der Waals surface area contributed by atoms with E-state index in [0.717, 1.165) is 15.6 Å². The van der Waals surface area contributed by atoms with Gasteiger partial charge in [-0.3, -0.25) is 4.79 Å². The van der Waals surface area contributed by atoms with Crippen molar-refractivity contribution in [1.82, 2.24) is 5.32 Å². The molecular formula is C14H20BrNO2. The van der Waals surface area contributed by atoms with Gasteiger partial charge < -0.3 is 10.4 Å². The van der Waals surface area contributed by atoms with Crippen molar-refractivity contribution in [3.8, 4) is 0 Å². The molecule has 0 saturated carbocycles. The summed E-state index contributed by atoms with van der Waals surface area (Å²) in [6.07, 6.45) is -0.135. The number of amides is 1. The van der Waals surface area contributed by atoms with Crippen molar-refractivity contribution in [2.24, 2.45) is 5.92 Å². The molecule has 0 saturated heterocycles. The summed E-state index contributed by atoms with van der Waals surface area (Å²) < 4.78 is 1.01. The van der Waals surface area contributed by atoms with Crippen molar-refractivity contribution in [3.63, 3.8) is 0 Å². The van der Waals surface area contributed by atoms with Crippen LogP contribution in [0.3, 0.4) is 0 Å². The molecule has 18 heavy (non-hydrogen) atoms. The SMILES string of the molecule is Cc1cc(Br)ccc1CC(=O)NCC(O)C(C)C. The van der Waals surface area contributed by atoms with Crippen LogP contribution >= 0.6 is 15.9 Å². The van der Waals surface area contributed by atoms with E-state index in [1.54, 1.807) is 0 Å². The number of rotatable bonds is 5. The van der Waals surface area contributed by atoms with Crippen LogP contribution in [0, 0.1) is 12.8 Å². The van der Waals surface area contributed by atoms with Crippen LogP contribution in [0.4, 0.5) is 0 Å². The lowest BCUT2D eigenvalue weighted by Crippen LogP contribution is -2.35. The highest BCUT2D eigenvalue weighted by atomic mass is 79.9. The summed E-state index contributed by atoms with van der Waals surface area (Å²) in [4.78, 5) is 11.7. The monoisotopic (exact) mass is 313 g/mol. The molecule has 1 aromatic rings. The summed E-state index contributed by atoms with van der Waals surface area (Å²) in [6, 6.07) is 5.86.